The summed E-state index contributed by atoms with van der Waals surface area (Å²) in [5.41, 5.74) is 2.05. The molecule has 0 saturated carbocycles. The summed E-state index contributed by atoms with van der Waals surface area (Å²) < 4.78 is 39.3. The number of rotatable bonds is 4. The Balaban J connectivity index is 0.000000318. The first-order chi connectivity index (χ1) is 14.2. The van der Waals surface area contributed by atoms with Crippen LogP contribution in [-0.4, -0.2) is 64.5 Å². The first-order valence-electron chi connectivity index (χ1n) is 9.22. The Morgan fingerprint density at radius 2 is 2.07 bits per heavy atom. The van der Waals surface area contributed by atoms with E-state index in [-0.39, 0.29) is 11.9 Å². The third kappa shape index (κ3) is 5.21. The molecule has 0 bridgehead atoms. The zero-order valence-corrected chi connectivity index (χ0v) is 16.9. The summed E-state index contributed by atoms with van der Waals surface area (Å²) in [6, 6.07) is 6.49. The fraction of sp³-hybridized carbons (Fsp3) is 0.474. The van der Waals surface area contributed by atoms with E-state index >= 15 is 0 Å². The van der Waals surface area contributed by atoms with Gasteiger partial charge in [-0.3, -0.25) is 9.69 Å². The maximum Gasteiger partial charge on any atom is 0.490 e. The predicted octanol–water partition coefficient (Wildman–Crippen LogP) is 2.35. The smallest absolute Gasteiger partial charge is 0.475 e. The first kappa shape index (κ1) is 22.3. The summed E-state index contributed by atoms with van der Waals surface area (Å²) in [5, 5.41) is 14.7. The van der Waals surface area contributed by atoms with Gasteiger partial charge >= 0.3 is 12.1 Å². The maximum atomic E-state index is 12.5. The molecule has 2 aromatic rings. The Bertz CT molecular complexity index is 869. The lowest BCUT2D eigenvalue weighted by molar-refractivity contribution is -0.192. The Morgan fingerprint density at radius 1 is 1.33 bits per heavy atom. The van der Waals surface area contributed by atoms with Crippen LogP contribution >= 0.6 is 11.3 Å². The number of aliphatic carboxylic acids is 1. The van der Waals surface area contributed by atoms with Crippen molar-refractivity contribution in [3.05, 3.63) is 46.4 Å². The van der Waals surface area contributed by atoms with E-state index in [0.29, 0.717) is 17.7 Å². The number of carboxylic acids is 1. The predicted molar refractivity (Wildman–Crippen MR) is 103 cm³/mol. The minimum absolute atomic E-state index is 0.00512. The molecule has 0 radical (unpaired) electrons. The van der Waals surface area contributed by atoms with Gasteiger partial charge in [0.15, 0.2) is 0 Å². The number of aromatic nitrogens is 1. The van der Waals surface area contributed by atoms with Crippen molar-refractivity contribution in [3.63, 3.8) is 0 Å². The minimum Gasteiger partial charge on any atom is -0.475 e. The topological polar surface area (TPSA) is 83.8 Å². The van der Waals surface area contributed by atoms with Crippen molar-refractivity contribution in [1.29, 1.82) is 0 Å². The van der Waals surface area contributed by atoms with Crippen LogP contribution in [0.15, 0.2) is 35.2 Å². The molecule has 2 saturated heterocycles. The first-order valence-corrected chi connectivity index (χ1v) is 10.2. The lowest BCUT2D eigenvalue weighted by Gasteiger charge is -2.21. The highest BCUT2D eigenvalue weighted by molar-refractivity contribution is 7.07. The van der Waals surface area contributed by atoms with Gasteiger partial charge in [-0.1, -0.05) is 0 Å². The third-order valence-electron chi connectivity index (χ3n) is 5.21. The number of carbonyl (C=O) groups excluding carboxylic acids is 1. The number of fused-ring (bicyclic) bond motifs is 1. The molecule has 0 aliphatic carbocycles. The number of carboxylic acid groups (broad SMARTS) is 1. The summed E-state index contributed by atoms with van der Waals surface area (Å²) in [5.74, 6) is -2.36. The van der Waals surface area contributed by atoms with E-state index in [1.54, 1.807) is 11.3 Å². The van der Waals surface area contributed by atoms with E-state index in [1.807, 2.05) is 29.9 Å². The number of likely N-dealkylation sites (tertiary alicyclic amines) is 1. The van der Waals surface area contributed by atoms with Crippen LogP contribution in [0.1, 0.15) is 16.1 Å². The quantitative estimate of drug-likeness (QED) is 0.755. The van der Waals surface area contributed by atoms with Gasteiger partial charge in [-0.15, -0.1) is 0 Å². The van der Waals surface area contributed by atoms with Crippen molar-refractivity contribution >= 4 is 23.2 Å². The number of thiophene rings is 1. The highest BCUT2D eigenvalue weighted by Crippen LogP contribution is 2.32. The standard InChI is InChI=1S/C17H21N3O2S.C2HF3O2/c1-19-5-2-3-15(19)17(21)18-14-8-20(7-12-4-6-23-11-12)16-10-22-9-13(14)16;3-2(4,5)1(6)7/h2-6,11,13-14,16H,7-10H2,1H3,(H,18,21);(H,6,7)/t13-,14-,16-;/m1./s1. The second-order valence-electron chi connectivity index (χ2n) is 7.22. The zero-order chi connectivity index (χ0) is 21.9. The lowest BCUT2D eigenvalue weighted by atomic mass is 10.00. The van der Waals surface area contributed by atoms with Crippen LogP contribution in [0, 0.1) is 5.92 Å². The van der Waals surface area contributed by atoms with Gasteiger partial charge in [0.1, 0.15) is 5.69 Å². The molecule has 4 rings (SSSR count). The van der Waals surface area contributed by atoms with Crippen LogP contribution in [0.2, 0.25) is 0 Å². The molecule has 1 amide bonds. The van der Waals surface area contributed by atoms with Crippen LogP contribution in [0.3, 0.4) is 0 Å². The number of hydrogen-bond acceptors (Lipinski definition) is 5. The molecule has 11 heteroatoms. The largest absolute Gasteiger partial charge is 0.490 e. The molecule has 2 aliphatic rings. The molecule has 30 heavy (non-hydrogen) atoms. The highest BCUT2D eigenvalue weighted by atomic mass is 32.1. The SMILES string of the molecule is Cn1cccc1C(=O)N[C@@H]1CN(Cc2ccsc2)[C@@H]2COC[C@@H]21.O=C(O)C(F)(F)F. The zero-order valence-electron chi connectivity index (χ0n) is 16.1. The molecule has 2 fully saturated rings. The Hall–Kier alpha value is -2.37. The third-order valence-corrected chi connectivity index (χ3v) is 5.94. The fourth-order valence-electron chi connectivity index (χ4n) is 3.73. The van der Waals surface area contributed by atoms with Crippen molar-refractivity contribution in [3.8, 4) is 0 Å². The van der Waals surface area contributed by atoms with Crippen LogP contribution in [-0.2, 0) is 23.1 Å². The number of hydrogen-bond donors (Lipinski definition) is 2. The number of nitrogens with one attached hydrogen (secondary N) is 1. The summed E-state index contributed by atoms with van der Waals surface area (Å²) in [4.78, 5) is 23.9. The van der Waals surface area contributed by atoms with E-state index in [2.05, 4.69) is 27.0 Å². The van der Waals surface area contributed by atoms with E-state index in [4.69, 9.17) is 14.6 Å². The average molecular weight is 445 g/mol. The molecule has 2 aliphatic heterocycles. The number of alkyl halides is 3. The molecule has 0 unspecified atom stereocenters. The van der Waals surface area contributed by atoms with Gasteiger partial charge in [-0.25, -0.2) is 4.79 Å². The fourth-order valence-corrected chi connectivity index (χ4v) is 4.39. The van der Waals surface area contributed by atoms with Crippen molar-refractivity contribution in [2.24, 2.45) is 13.0 Å². The molecule has 0 aromatic carbocycles. The van der Waals surface area contributed by atoms with Crippen LogP contribution in [0.5, 0.6) is 0 Å². The summed E-state index contributed by atoms with van der Waals surface area (Å²) in [6.45, 7) is 3.34. The van der Waals surface area contributed by atoms with Gasteiger partial charge in [0.2, 0.25) is 0 Å². The van der Waals surface area contributed by atoms with Gasteiger partial charge in [0.25, 0.3) is 5.91 Å². The molecular formula is C19H22F3N3O4S. The second kappa shape index (κ2) is 9.19. The Labute approximate surface area is 175 Å². The van der Waals surface area contributed by atoms with E-state index < -0.39 is 12.1 Å². The summed E-state index contributed by atoms with van der Waals surface area (Å²) in [7, 11) is 1.90. The average Bonchev–Trinajstić information content (AvgIpc) is 3.43. The number of carbonyl (C=O) groups is 2. The van der Waals surface area contributed by atoms with Crippen molar-refractivity contribution in [2.75, 3.05) is 19.8 Å². The van der Waals surface area contributed by atoms with Crippen LogP contribution in [0.25, 0.3) is 0 Å². The van der Waals surface area contributed by atoms with Crippen molar-refractivity contribution < 1.29 is 32.6 Å². The molecule has 3 atom stereocenters. The van der Waals surface area contributed by atoms with Crippen LogP contribution < -0.4 is 5.32 Å². The maximum absolute atomic E-state index is 12.5. The molecule has 2 N–H and O–H groups in total. The summed E-state index contributed by atoms with van der Waals surface area (Å²) in [6.07, 6.45) is -3.19. The Kier molecular flexibility index (Phi) is 6.84. The second-order valence-corrected chi connectivity index (χ2v) is 8.00. The summed E-state index contributed by atoms with van der Waals surface area (Å²) >= 11 is 1.73. The van der Waals surface area contributed by atoms with Gasteiger partial charge in [0, 0.05) is 44.3 Å². The molecular weight excluding hydrogens is 423 g/mol. The number of ether oxygens (including phenoxy) is 1. The number of nitrogens with zero attached hydrogens (tertiary/aromatic N) is 2. The molecule has 4 heterocycles. The van der Waals surface area contributed by atoms with Crippen molar-refractivity contribution in [1.82, 2.24) is 14.8 Å². The number of aryl methyl sites for hydroxylation is 1. The van der Waals surface area contributed by atoms with Crippen LogP contribution in [0.4, 0.5) is 13.2 Å². The van der Waals surface area contributed by atoms with Gasteiger partial charge < -0.3 is 19.7 Å². The van der Waals surface area contributed by atoms with E-state index in [1.165, 1.54) is 5.56 Å². The van der Waals surface area contributed by atoms with Crippen molar-refractivity contribution in [2.45, 2.75) is 24.8 Å². The lowest BCUT2D eigenvalue weighted by Crippen LogP contribution is -2.42. The molecule has 164 valence electrons. The highest BCUT2D eigenvalue weighted by Gasteiger charge is 2.45. The van der Waals surface area contributed by atoms with E-state index in [9.17, 15) is 18.0 Å². The minimum atomic E-state index is -5.08. The normalized spacial score (nSPS) is 23.5. The van der Waals surface area contributed by atoms with Gasteiger partial charge in [0.05, 0.1) is 13.2 Å². The van der Waals surface area contributed by atoms with Gasteiger partial charge in [-0.05, 0) is 34.5 Å². The number of amides is 1. The van der Waals surface area contributed by atoms with E-state index in [0.717, 1.165) is 26.3 Å². The molecule has 7 nitrogen and oxygen atoms in total. The monoisotopic (exact) mass is 445 g/mol. The number of halogens is 3. The van der Waals surface area contributed by atoms with Gasteiger partial charge in [-0.2, -0.15) is 24.5 Å². The Morgan fingerprint density at radius 3 is 2.63 bits per heavy atom. The molecule has 0 spiro atoms. The molecule has 2 aromatic heterocycles.